The molecule has 3 nitrogen and oxygen atoms in total. The molecule has 0 saturated carbocycles. The van der Waals surface area contributed by atoms with E-state index in [1.54, 1.807) is 0 Å². The molecule has 0 aromatic heterocycles. The molecule has 1 aromatic rings. The zero-order chi connectivity index (χ0) is 22.7. The number of carbonyl (C=O) groups excluding carboxylic acids is 1. The SMILES string of the molecule is CCCCCC(=O)N(C/C=C/O[Si](C(C)C)(C(C)C)C(C)C)[C@@H](C)c1ccccc1. The van der Waals surface area contributed by atoms with Gasteiger partial charge in [-0.15, -0.1) is 0 Å². The second-order valence-corrected chi connectivity index (χ2v) is 14.8. The fourth-order valence-corrected chi connectivity index (χ4v) is 9.94. The molecule has 0 fully saturated rings. The van der Waals surface area contributed by atoms with Crippen LogP contribution in [0.5, 0.6) is 0 Å². The Balaban J connectivity index is 2.96. The first kappa shape index (κ1) is 26.5. The van der Waals surface area contributed by atoms with E-state index in [0.717, 1.165) is 19.3 Å². The number of rotatable bonds is 13. The maximum atomic E-state index is 13.0. The molecule has 4 heteroatoms. The van der Waals surface area contributed by atoms with E-state index < -0.39 is 8.32 Å². The monoisotopic (exact) mass is 431 g/mol. The molecule has 0 spiro atoms. The van der Waals surface area contributed by atoms with Gasteiger partial charge in [0.2, 0.25) is 5.91 Å². The van der Waals surface area contributed by atoms with Gasteiger partial charge in [0.25, 0.3) is 8.32 Å². The molecule has 0 aliphatic rings. The lowest BCUT2D eigenvalue weighted by Gasteiger charge is -2.41. The van der Waals surface area contributed by atoms with Crippen molar-refractivity contribution in [1.29, 1.82) is 0 Å². The number of hydrogen-bond acceptors (Lipinski definition) is 2. The molecular formula is C26H45NO2Si. The highest BCUT2D eigenvalue weighted by Gasteiger charge is 2.46. The van der Waals surface area contributed by atoms with Gasteiger partial charge in [-0.3, -0.25) is 4.79 Å². The molecule has 0 heterocycles. The molecule has 1 amide bonds. The minimum absolute atomic E-state index is 0.0484. The summed E-state index contributed by atoms with van der Waals surface area (Å²) in [6.45, 7) is 18.6. The third-order valence-corrected chi connectivity index (χ3v) is 12.4. The minimum atomic E-state index is -1.93. The first-order chi connectivity index (χ1) is 14.2. The zero-order valence-corrected chi connectivity index (χ0v) is 21.7. The van der Waals surface area contributed by atoms with Crippen molar-refractivity contribution in [3.8, 4) is 0 Å². The van der Waals surface area contributed by atoms with Crippen molar-refractivity contribution < 1.29 is 9.22 Å². The number of benzene rings is 1. The molecule has 0 aliphatic carbocycles. The predicted octanol–water partition coefficient (Wildman–Crippen LogP) is 7.86. The predicted molar refractivity (Wildman–Crippen MR) is 132 cm³/mol. The fourth-order valence-electron chi connectivity index (χ4n) is 4.79. The standard InChI is InChI=1S/C26H45NO2Si/c1-9-10-12-18-26(28)27(24(8)25-16-13-11-14-17-25)19-15-20-29-30(21(2)3,22(4)5)23(6)7/h11,13-17,20-24H,9-10,12,18-19H2,1-8H3/b20-15+/t24-/m0/s1. The third-order valence-electron chi connectivity index (χ3n) is 6.44. The Morgan fingerprint density at radius 2 is 1.53 bits per heavy atom. The minimum Gasteiger partial charge on any atom is -0.548 e. The fraction of sp³-hybridized carbons (Fsp3) is 0.654. The summed E-state index contributed by atoms with van der Waals surface area (Å²) >= 11 is 0. The van der Waals surface area contributed by atoms with Gasteiger partial charge in [0.05, 0.1) is 12.3 Å². The van der Waals surface area contributed by atoms with E-state index in [1.165, 1.54) is 5.56 Å². The summed E-state index contributed by atoms with van der Waals surface area (Å²) in [6.07, 6.45) is 7.74. The second kappa shape index (κ2) is 13.0. The first-order valence-corrected chi connectivity index (χ1v) is 14.0. The topological polar surface area (TPSA) is 29.5 Å². The van der Waals surface area contributed by atoms with Crippen LogP contribution in [0.1, 0.15) is 92.7 Å². The Labute approximate surface area is 187 Å². The lowest BCUT2D eigenvalue weighted by Crippen LogP contribution is -2.46. The van der Waals surface area contributed by atoms with Gasteiger partial charge in [0.1, 0.15) is 0 Å². The summed E-state index contributed by atoms with van der Waals surface area (Å²) in [5.74, 6) is 0.226. The van der Waals surface area contributed by atoms with Crippen LogP contribution in [0.2, 0.25) is 16.6 Å². The molecular weight excluding hydrogens is 386 g/mol. The summed E-state index contributed by atoms with van der Waals surface area (Å²) in [5.41, 5.74) is 2.79. The summed E-state index contributed by atoms with van der Waals surface area (Å²) in [6, 6.07) is 10.4. The van der Waals surface area contributed by atoms with Gasteiger partial charge in [-0.1, -0.05) is 91.6 Å². The van der Waals surface area contributed by atoms with Crippen molar-refractivity contribution in [3.63, 3.8) is 0 Å². The van der Waals surface area contributed by atoms with Crippen LogP contribution < -0.4 is 0 Å². The summed E-state index contributed by atoms with van der Waals surface area (Å²) in [5, 5.41) is 0. The van der Waals surface area contributed by atoms with Crippen LogP contribution in [0.25, 0.3) is 0 Å². The molecule has 170 valence electrons. The Morgan fingerprint density at radius 3 is 2.03 bits per heavy atom. The number of carbonyl (C=O) groups is 1. The molecule has 0 bridgehead atoms. The Hall–Kier alpha value is -1.55. The van der Waals surface area contributed by atoms with Crippen LogP contribution in [0, 0.1) is 0 Å². The van der Waals surface area contributed by atoms with Crippen molar-refractivity contribution in [2.45, 2.75) is 104 Å². The van der Waals surface area contributed by atoms with Gasteiger partial charge in [0, 0.05) is 13.0 Å². The number of hydrogen-bond donors (Lipinski definition) is 0. The maximum absolute atomic E-state index is 13.0. The highest BCUT2D eigenvalue weighted by Crippen LogP contribution is 2.42. The van der Waals surface area contributed by atoms with Crippen LogP contribution in [-0.2, 0) is 9.22 Å². The number of unbranched alkanes of at least 4 members (excludes halogenated alkanes) is 2. The van der Waals surface area contributed by atoms with Gasteiger partial charge in [-0.2, -0.15) is 0 Å². The summed E-state index contributed by atoms with van der Waals surface area (Å²) in [7, 11) is -1.93. The molecule has 0 N–H and O–H groups in total. The van der Waals surface area contributed by atoms with Gasteiger partial charge in [-0.05, 0) is 41.6 Å². The van der Waals surface area contributed by atoms with Crippen LogP contribution in [0.4, 0.5) is 0 Å². The Kier molecular flexibility index (Phi) is 11.5. The van der Waals surface area contributed by atoms with Crippen molar-refractivity contribution in [3.05, 3.63) is 48.2 Å². The molecule has 30 heavy (non-hydrogen) atoms. The van der Waals surface area contributed by atoms with Gasteiger partial charge < -0.3 is 9.33 Å². The van der Waals surface area contributed by atoms with Crippen LogP contribution in [-0.4, -0.2) is 25.7 Å². The summed E-state index contributed by atoms with van der Waals surface area (Å²) < 4.78 is 6.55. The van der Waals surface area contributed by atoms with E-state index in [1.807, 2.05) is 35.4 Å². The largest absolute Gasteiger partial charge is 0.548 e. The first-order valence-electron chi connectivity index (χ1n) is 11.9. The molecule has 0 unspecified atom stereocenters. The van der Waals surface area contributed by atoms with E-state index in [0.29, 0.717) is 29.6 Å². The van der Waals surface area contributed by atoms with Gasteiger partial charge in [-0.25, -0.2) is 0 Å². The van der Waals surface area contributed by atoms with E-state index in [2.05, 4.69) is 67.5 Å². The highest BCUT2D eigenvalue weighted by molar-refractivity contribution is 6.77. The number of amides is 1. The third kappa shape index (κ3) is 7.00. The van der Waals surface area contributed by atoms with Gasteiger partial charge >= 0.3 is 0 Å². The lowest BCUT2D eigenvalue weighted by molar-refractivity contribution is -0.132. The molecule has 1 aromatic carbocycles. The van der Waals surface area contributed by atoms with Crippen LogP contribution >= 0.6 is 0 Å². The molecule has 0 aliphatic heterocycles. The quantitative estimate of drug-likeness (QED) is 0.181. The normalized spacial score (nSPS) is 13.4. The average molecular weight is 432 g/mol. The van der Waals surface area contributed by atoms with Crippen molar-refractivity contribution in [1.82, 2.24) is 4.90 Å². The van der Waals surface area contributed by atoms with E-state index in [-0.39, 0.29) is 11.9 Å². The summed E-state index contributed by atoms with van der Waals surface area (Å²) in [4.78, 5) is 15.0. The van der Waals surface area contributed by atoms with Crippen molar-refractivity contribution in [2.75, 3.05) is 6.54 Å². The van der Waals surface area contributed by atoms with E-state index >= 15 is 0 Å². The second-order valence-electron chi connectivity index (χ2n) is 9.40. The smallest absolute Gasteiger partial charge is 0.257 e. The van der Waals surface area contributed by atoms with E-state index in [4.69, 9.17) is 4.43 Å². The Morgan fingerprint density at radius 1 is 0.967 bits per heavy atom. The Bertz CT molecular complexity index is 618. The van der Waals surface area contributed by atoms with E-state index in [9.17, 15) is 4.79 Å². The molecule has 0 saturated heterocycles. The number of nitrogens with zero attached hydrogens (tertiary/aromatic N) is 1. The highest BCUT2D eigenvalue weighted by atomic mass is 28.4. The zero-order valence-electron chi connectivity index (χ0n) is 20.7. The van der Waals surface area contributed by atoms with Crippen molar-refractivity contribution >= 4 is 14.2 Å². The van der Waals surface area contributed by atoms with Crippen LogP contribution in [0.15, 0.2) is 42.7 Å². The molecule has 1 rings (SSSR count). The lowest BCUT2D eigenvalue weighted by atomic mass is 10.1. The maximum Gasteiger partial charge on any atom is 0.257 e. The van der Waals surface area contributed by atoms with Gasteiger partial charge in [0.15, 0.2) is 0 Å². The molecule has 1 atom stereocenters. The average Bonchev–Trinajstić information content (AvgIpc) is 2.70. The molecule has 0 radical (unpaired) electrons. The van der Waals surface area contributed by atoms with Crippen LogP contribution in [0.3, 0.4) is 0 Å². The van der Waals surface area contributed by atoms with Crippen molar-refractivity contribution in [2.24, 2.45) is 0 Å².